The fraction of sp³-hybridized carbons (Fsp3) is 0.444. The van der Waals surface area contributed by atoms with Crippen LogP contribution in [-0.2, 0) is 9.59 Å². The second kappa shape index (κ2) is 10.6. The zero-order chi connectivity index (χ0) is 25.1. The summed E-state index contributed by atoms with van der Waals surface area (Å²) in [5.41, 5.74) is 8.16. The van der Waals surface area contributed by atoms with E-state index < -0.39 is 6.04 Å². The number of rotatable bonds is 5. The van der Waals surface area contributed by atoms with Crippen LogP contribution < -0.4 is 21.3 Å². The van der Waals surface area contributed by atoms with Gasteiger partial charge in [-0.2, -0.15) is 0 Å². The quantitative estimate of drug-likeness (QED) is 0.594. The summed E-state index contributed by atoms with van der Waals surface area (Å²) in [7, 11) is 0. The van der Waals surface area contributed by atoms with Crippen LogP contribution in [0.4, 0.5) is 15.8 Å². The Balaban J connectivity index is 1.69. The largest absolute Gasteiger partial charge is 0.348 e. The molecule has 2 aromatic rings. The second-order valence-electron chi connectivity index (χ2n) is 9.94. The third-order valence-electron chi connectivity index (χ3n) is 6.73. The minimum absolute atomic E-state index is 0.0165. The number of nitrogens with two attached hydrogens (primary N) is 1. The molecule has 0 bridgehead atoms. The van der Waals surface area contributed by atoms with Gasteiger partial charge in [0, 0.05) is 24.1 Å². The predicted octanol–water partition coefficient (Wildman–Crippen LogP) is 4.29. The second-order valence-corrected chi connectivity index (χ2v) is 9.94. The van der Waals surface area contributed by atoms with Gasteiger partial charge in [0.25, 0.3) is 5.91 Å². The molecule has 1 heterocycles. The van der Waals surface area contributed by atoms with Crippen LogP contribution in [0.25, 0.3) is 0 Å². The van der Waals surface area contributed by atoms with Crippen LogP contribution in [0.2, 0.25) is 0 Å². The van der Waals surface area contributed by atoms with Crippen LogP contribution in [0.15, 0.2) is 42.5 Å². The summed E-state index contributed by atoms with van der Waals surface area (Å²) in [5, 5.41) is 5.89. The first-order valence-corrected chi connectivity index (χ1v) is 12.3. The monoisotopic (exact) mass is 480 g/mol. The summed E-state index contributed by atoms with van der Waals surface area (Å²) in [6, 6.07) is 10.1. The van der Waals surface area contributed by atoms with Gasteiger partial charge in [-0.05, 0) is 54.7 Å². The van der Waals surface area contributed by atoms with Crippen molar-refractivity contribution in [2.24, 2.45) is 11.7 Å². The van der Waals surface area contributed by atoms with Crippen LogP contribution >= 0.6 is 0 Å². The Morgan fingerprint density at radius 3 is 2.54 bits per heavy atom. The number of hydrogen-bond acceptors (Lipinski definition) is 4. The Morgan fingerprint density at radius 2 is 1.86 bits per heavy atom. The van der Waals surface area contributed by atoms with Crippen molar-refractivity contribution in [2.45, 2.75) is 70.5 Å². The zero-order valence-corrected chi connectivity index (χ0v) is 20.2. The molecule has 2 aliphatic rings. The maximum atomic E-state index is 13.6. The lowest BCUT2D eigenvalue weighted by atomic mass is 9.91. The maximum absolute atomic E-state index is 13.6. The molecule has 0 radical (unpaired) electrons. The normalized spacial score (nSPS) is 22.3. The lowest BCUT2D eigenvalue weighted by molar-refractivity contribution is -0.120. The average molecular weight is 481 g/mol. The van der Waals surface area contributed by atoms with E-state index in [1.807, 2.05) is 13.8 Å². The van der Waals surface area contributed by atoms with Crippen LogP contribution in [0.3, 0.4) is 0 Å². The van der Waals surface area contributed by atoms with E-state index in [2.05, 4.69) is 10.6 Å². The van der Waals surface area contributed by atoms with E-state index in [0.29, 0.717) is 22.5 Å². The van der Waals surface area contributed by atoms with Crippen molar-refractivity contribution in [3.63, 3.8) is 0 Å². The van der Waals surface area contributed by atoms with E-state index in [4.69, 9.17) is 5.73 Å². The lowest BCUT2D eigenvalue weighted by Gasteiger charge is -2.32. The zero-order valence-electron chi connectivity index (χ0n) is 20.2. The number of nitrogens with zero attached hydrogens (tertiary/aromatic N) is 1. The molecule has 0 spiro atoms. The summed E-state index contributed by atoms with van der Waals surface area (Å²) in [6.07, 6.45) is 4.11. The van der Waals surface area contributed by atoms with Crippen molar-refractivity contribution in [1.82, 2.24) is 5.32 Å². The highest BCUT2D eigenvalue weighted by atomic mass is 19.1. The fourth-order valence-electron chi connectivity index (χ4n) is 4.92. The third kappa shape index (κ3) is 5.70. The number of hydrogen-bond donors (Lipinski definition) is 3. The van der Waals surface area contributed by atoms with E-state index in [1.165, 1.54) is 12.1 Å². The summed E-state index contributed by atoms with van der Waals surface area (Å²) in [6.45, 7) is 3.91. The van der Waals surface area contributed by atoms with Crippen molar-refractivity contribution in [2.75, 3.05) is 10.2 Å². The van der Waals surface area contributed by atoms with Crippen LogP contribution in [0.5, 0.6) is 0 Å². The van der Waals surface area contributed by atoms with E-state index in [0.717, 1.165) is 25.7 Å². The standard InChI is InChI=1S/C27H33FN4O3/c1-16(2)13-26(34)32-23-12-9-18(27(35)31-21-6-4-3-5-20(21)29)14-22(23)30-25(33)15-24(32)17-7-10-19(28)11-8-17/h7-12,14,16,20-21,24H,3-6,13,15,29H2,1-2H3,(H,30,33)(H,31,35). The number of nitrogens with one attached hydrogen (secondary N) is 2. The number of amides is 3. The number of carbonyl (C=O) groups is 3. The van der Waals surface area contributed by atoms with E-state index in [9.17, 15) is 18.8 Å². The van der Waals surface area contributed by atoms with Gasteiger partial charge in [0.2, 0.25) is 11.8 Å². The van der Waals surface area contributed by atoms with Crippen LogP contribution in [-0.4, -0.2) is 29.8 Å². The van der Waals surface area contributed by atoms with Crippen molar-refractivity contribution in [3.05, 3.63) is 59.4 Å². The molecular weight excluding hydrogens is 447 g/mol. The van der Waals surface area contributed by atoms with E-state index in [-0.39, 0.29) is 54.4 Å². The minimum atomic E-state index is -0.594. The molecule has 1 aliphatic carbocycles. The molecule has 0 saturated heterocycles. The maximum Gasteiger partial charge on any atom is 0.251 e. The van der Waals surface area contributed by atoms with Gasteiger partial charge in [0.05, 0.1) is 23.8 Å². The molecule has 7 nitrogen and oxygen atoms in total. The molecule has 1 saturated carbocycles. The number of fused-ring (bicyclic) bond motifs is 1. The first kappa shape index (κ1) is 24.9. The molecular formula is C27H33FN4O3. The Hall–Kier alpha value is -3.26. The molecule has 4 N–H and O–H groups in total. The first-order valence-electron chi connectivity index (χ1n) is 12.3. The van der Waals surface area contributed by atoms with Crippen molar-refractivity contribution < 1.29 is 18.8 Å². The molecule has 186 valence electrons. The van der Waals surface area contributed by atoms with Gasteiger partial charge in [0.15, 0.2) is 0 Å². The molecule has 8 heteroatoms. The van der Waals surface area contributed by atoms with Crippen molar-refractivity contribution in [1.29, 1.82) is 0 Å². The van der Waals surface area contributed by atoms with Gasteiger partial charge in [-0.3, -0.25) is 14.4 Å². The summed E-state index contributed by atoms with van der Waals surface area (Å²) in [5.74, 6) is -0.967. The SMILES string of the molecule is CC(C)CC(=O)N1c2ccc(C(=O)NC3CCCCC3N)cc2NC(=O)CC1c1ccc(F)cc1. The summed E-state index contributed by atoms with van der Waals surface area (Å²) < 4.78 is 13.6. The third-order valence-corrected chi connectivity index (χ3v) is 6.73. The Bertz CT molecular complexity index is 1100. The summed E-state index contributed by atoms with van der Waals surface area (Å²) in [4.78, 5) is 40.9. The average Bonchev–Trinajstić information content (AvgIpc) is 2.95. The number of benzene rings is 2. The molecule has 1 fully saturated rings. The molecule has 1 aliphatic heterocycles. The van der Waals surface area contributed by atoms with Gasteiger partial charge >= 0.3 is 0 Å². The van der Waals surface area contributed by atoms with Gasteiger partial charge in [0.1, 0.15) is 5.82 Å². The Labute approximate surface area is 205 Å². The molecule has 0 aromatic heterocycles. The fourth-order valence-corrected chi connectivity index (χ4v) is 4.92. The van der Waals surface area contributed by atoms with Gasteiger partial charge < -0.3 is 21.3 Å². The van der Waals surface area contributed by atoms with Gasteiger partial charge in [-0.15, -0.1) is 0 Å². The number of carbonyl (C=O) groups excluding carboxylic acids is 3. The van der Waals surface area contributed by atoms with Gasteiger partial charge in [-0.25, -0.2) is 4.39 Å². The molecule has 35 heavy (non-hydrogen) atoms. The highest BCUT2D eigenvalue weighted by Gasteiger charge is 2.34. The van der Waals surface area contributed by atoms with Crippen molar-refractivity contribution >= 4 is 29.1 Å². The predicted molar refractivity (Wildman–Crippen MR) is 133 cm³/mol. The topological polar surface area (TPSA) is 105 Å². The summed E-state index contributed by atoms with van der Waals surface area (Å²) >= 11 is 0. The van der Waals surface area contributed by atoms with Crippen LogP contribution in [0.1, 0.15) is 74.3 Å². The highest BCUT2D eigenvalue weighted by Crippen LogP contribution is 2.39. The number of anilines is 2. The first-order chi connectivity index (χ1) is 16.7. The molecule has 2 aromatic carbocycles. The molecule has 4 rings (SSSR count). The van der Waals surface area contributed by atoms with Crippen molar-refractivity contribution in [3.8, 4) is 0 Å². The van der Waals surface area contributed by atoms with E-state index >= 15 is 0 Å². The lowest BCUT2D eigenvalue weighted by Crippen LogP contribution is -2.49. The van der Waals surface area contributed by atoms with Gasteiger partial charge in [-0.1, -0.05) is 38.8 Å². The molecule has 3 atom stereocenters. The minimum Gasteiger partial charge on any atom is -0.348 e. The van der Waals surface area contributed by atoms with Crippen LogP contribution in [0, 0.1) is 11.7 Å². The highest BCUT2D eigenvalue weighted by molar-refractivity contribution is 6.06. The molecule has 3 amide bonds. The smallest absolute Gasteiger partial charge is 0.251 e. The van der Waals surface area contributed by atoms with E-state index in [1.54, 1.807) is 35.2 Å². The molecule has 3 unspecified atom stereocenters. The Morgan fingerprint density at radius 1 is 1.14 bits per heavy atom. The number of halogens is 1. The Kier molecular flexibility index (Phi) is 7.50.